The van der Waals surface area contributed by atoms with Gasteiger partial charge in [0.2, 0.25) is 5.79 Å². The number of rotatable bonds is 9. The lowest BCUT2D eigenvalue weighted by molar-refractivity contribution is -0.338. The lowest BCUT2D eigenvalue weighted by Gasteiger charge is -2.51. The van der Waals surface area contributed by atoms with Crippen molar-refractivity contribution in [3.63, 3.8) is 0 Å². The molecule has 0 unspecified atom stereocenters. The molecule has 6 heterocycles. The molecule has 316 valence electrons. The molecule has 5 saturated heterocycles. The van der Waals surface area contributed by atoms with Crippen LogP contribution in [0.5, 0.6) is 0 Å². The summed E-state index contributed by atoms with van der Waals surface area (Å²) in [6.45, 7) is 10.4. The van der Waals surface area contributed by atoms with E-state index in [0.717, 1.165) is 32.1 Å². The fourth-order valence-electron chi connectivity index (χ4n) is 11.2. The molecular weight excluding hydrogens is 728 g/mol. The molecule has 0 radical (unpaired) electrons. The van der Waals surface area contributed by atoms with Crippen LogP contribution in [0.25, 0.3) is 0 Å². The maximum absolute atomic E-state index is 13.7. The fraction of sp³-hybridized carbons (Fsp3) is 0.881. The van der Waals surface area contributed by atoms with E-state index >= 15 is 0 Å². The second-order valence-corrected chi connectivity index (χ2v) is 17.8. The van der Waals surface area contributed by atoms with E-state index < -0.39 is 49.1 Å². The van der Waals surface area contributed by atoms with Crippen molar-refractivity contribution in [2.45, 2.75) is 184 Å². The van der Waals surface area contributed by atoms with Gasteiger partial charge in [-0.15, -0.1) is 0 Å². The molecule has 6 fully saturated rings. The highest BCUT2D eigenvalue weighted by Gasteiger charge is 2.58. The molecular formula is C42H64O14. The zero-order chi connectivity index (χ0) is 39.5. The molecule has 8 rings (SSSR count). The standard InChI is InChI=1S/C42H64O14/c1-21-37(43)29(45-6)16-34(50-21)55-39-23(3)52-35(18-31(39)47-8)56-38-22(2)51-33(17-30(38)46-7)53-26-13-14-41(4)25(15-26)10-11-27-28(41)12-9-24-19-48-42(5)36(24)32(20-49-42)54-40(27)44/h10,19,21-23,26-39,43H,9,11-18,20H2,1-8H3/t21-,22-,23-,26+,27-,28+,29-,30-,31-,32+,33+,34+,35+,36+,37-,38-,39-,41+,42-/m1/s1. The first-order chi connectivity index (χ1) is 26.8. The molecule has 0 aromatic rings. The second kappa shape index (κ2) is 16.4. The SMILES string of the molecule is CO[C@@H]1C[C@H](O[C@@H]2[C@@H](C)O[C@@H](O[C@@H]3[C@@H](C)O[C@@H](O[C@H]4CC[C@@]5(C)C(=CC[C@H]6C(=O)O[C@H]7CO[C@@]8(C)OC=C(CC[C@@H]65)[C@@H]78)C4)C[C@H]3OC)C[C@H]2OC)O[C@H](C)[C@H]1O. The molecule has 0 bridgehead atoms. The predicted octanol–water partition coefficient (Wildman–Crippen LogP) is 4.69. The van der Waals surface area contributed by atoms with E-state index in [1.807, 2.05) is 34.0 Å². The fourth-order valence-corrected chi connectivity index (χ4v) is 11.2. The van der Waals surface area contributed by atoms with Crippen LogP contribution < -0.4 is 0 Å². The van der Waals surface area contributed by atoms with Crippen molar-refractivity contribution in [1.29, 1.82) is 0 Å². The smallest absolute Gasteiger partial charge is 0.309 e. The van der Waals surface area contributed by atoms with Crippen LogP contribution in [0.2, 0.25) is 0 Å². The average molecular weight is 793 g/mol. The van der Waals surface area contributed by atoms with Crippen molar-refractivity contribution in [1.82, 2.24) is 0 Å². The minimum Gasteiger partial charge on any atom is -0.469 e. The summed E-state index contributed by atoms with van der Waals surface area (Å²) in [6.07, 6.45) is 5.05. The van der Waals surface area contributed by atoms with Crippen LogP contribution in [0, 0.1) is 23.2 Å². The molecule has 19 atom stereocenters. The third-order valence-electron chi connectivity index (χ3n) is 14.5. The Kier molecular flexibility index (Phi) is 12.0. The number of allylic oxidation sites excluding steroid dienone is 1. The Morgan fingerprint density at radius 2 is 1.41 bits per heavy atom. The van der Waals surface area contributed by atoms with Crippen LogP contribution in [-0.2, 0) is 61.6 Å². The van der Waals surface area contributed by atoms with Gasteiger partial charge in [-0.05, 0) is 76.2 Å². The van der Waals surface area contributed by atoms with Gasteiger partial charge in [-0.1, -0.05) is 18.6 Å². The van der Waals surface area contributed by atoms with Crippen LogP contribution in [0.4, 0.5) is 0 Å². The number of aliphatic hydroxyl groups is 1. The molecule has 14 nitrogen and oxygen atoms in total. The molecule has 56 heavy (non-hydrogen) atoms. The van der Waals surface area contributed by atoms with E-state index in [2.05, 4.69) is 13.0 Å². The van der Waals surface area contributed by atoms with Crippen molar-refractivity contribution >= 4 is 5.97 Å². The first-order valence-corrected chi connectivity index (χ1v) is 20.9. The Hall–Kier alpha value is -1.69. The largest absolute Gasteiger partial charge is 0.469 e. The number of aliphatic hydroxyl groups excluding tert-OH is 1. The number of methoxy groups -OCH3 is 3. The van der Waals surface area contributed by atoms with Gasteiger partial charge in [-0.25, -0.2) is 0 Å². The number of hydrogen-bond donors (Lipinski definition) is 1. The predicted molar refractivity (Wildman–Crippen MR) is 198 cm³/mol. The lowest BCUT2D eigenvalue weighted by atomic mass is 9.55. The summed E-state index contributed by atoms with van der Waals surface area (Å²) in [6, 6.07) is 0. The summed E-state index contributed by atoms with van der Waals surface area (Å²) in [5, 5.41) is 10.4. The molecule has 1 N–H and O–H groups in total. The Labute approximate surface area is 331 Å². The number of hydrogen-bond acceptors (Lipinski definition) is 14. The minimum atomic E-state index is -0.745. The number of esters is 1. The molecule has 14 heteroatoms. The topological polar surface area (TPSA) is 148 Å². The highest BCUT2D eigenvalue weighted by atomic mass is 16.7. The maximum Gasteiger partial charge on any atom is 0.309 e. The van der Waals surface area contributed by atoms with E-state index in [1.165, 1.54) is 11.1 Å². The van der Waals surface area contributed by atoms with Crippen LogP contribution in [0.3, 0.4) is 0 Å². The highest BCUT2D eigenvalue weighted by molar-refractivity contribution is 5.74. The molecule has 2 aliphatic carbocycles. The molecule has 0 spiro atoms. The third kappa shape index (κ3) is 7.63. The Morgan fingerprint density at radius 1 is 0.804 bits per heavy atom. The van der Waals surface area contributed by atoms with Crippen molar-refractivity contribution in [2.24, 2.45) is 23.2 Å². The maximum atomic E-state index is 13.7. The van der Waals surface area contributed by atoms with E-state index in [0.29, 0.717) is 32.3 Å². The van der Waals surface area contributed by atoms with Gasteiger partial charge in [0.15, 0.2) is 18.9 Å². The van der Waals surface area contributed by atoms with E-state index in [1.54, 1.807) is 21.3 Å². The van der Waals surface area contributed by atoms with Crippen LogP contribution in [0.1, 0.15) is 92.4 Å². The summed E-state index contributed by atoms with van der Waals surface area (Å²) in [4.78, 5) is 13.7. The van der Waals surface area contributed by atoms with E-state index in [9.17, 15) is 9.90 Å². The lowest BCUT2D eigenvalue weighted by Crippen LogP contribution is -2.57. The van der Waals surface area contributed by atoms with Gasteiger partial charge >= 0.3 is 5.97 Å². The van der Waals surface area contributed by atoms with Crippen LogP contribution in [-0.4, -0.2) is 131 Å². The third-order valence-corrected chi connectivity index (χ3v) is 14.5. The number of carbonyl (C=O) groups excluding carboxylic acids is 1. The molecule has 1 saturated carbocycles. The highest BCUT2D eigenvalue weighted by Crippen LogP contribution is 2.57. The average Bonchev–Trinajstić information content (AvgIpc) is 3.69. The summed E-state index contributed by atoms with van der Waals surface area (Å²) in [7, 11) is 4.94. The minimum absolute atomic E-state index is 0.00928. The summed E-state index contributed by atoms with van der Waals surface area (Å²) in [5.74, 6) is -0.887. The molecule has 0 amide bonds. The van der Waals surface area contributed by atoms with Gasteiger partial charge in [0, 0.05) is 47.5 Å². The normalized spacial score (nSPS) is 50.5. The van der Waals surface area contributed by atoms with Gasteiger partial charge in [0.05, 0.1) is 67.4 Å². The molecule has 0 aromatic carbocycles. The van der Waals surface area contributed by atoms with Crippen molar-refractivity contribution in [3.05, 3.63) is 23.5 Å². The molecule has 8 aliphatic rings. The first-order valence-electron chi connectivity index (χ1n) is 20.9. The van der Waals surface area contributed by atoms with Crippen molar-refractivity contribution in [2.75, 3.05) is 27.9 Å². The van der Waals surface area contributed by atoms with Gasteiger partial charge in [0.25, 0.3) is 0 Å². The van der Waals surface area contributed by atoms with Crippen LogP contribution >= 0.6 is 0 Å². The summed E-state index contributed by atoms with van der Waals surface area (Å²) < 4.78 is 74.1. The van der Waals surface area contributed by atoms with E-state index in [-0.39, 0.29) is 71.9 Å². The number of carbonyl (C=O) groups is 1. The second-order valence-electron chi connectivity index (χ2n) is 17.8. The van der Waals surface area contributed by atoms with Crippen LogP contribution in [0.15, 0.2) is 23.5 Å². The quantitative estimate of drug-likeness (QED) is 0.254. The van der Waals surface area contributed by atoms with Crippen molar-refractivity contribution < 1.29 is 66.7 Å². The Morgan fingerprint density at radius 3 is 2.05 bits per heavy atom. The molecule has 0 aromatic heterocycles. The van der Waals surface area contributed by atoms with E-state index in [4.69, 9.17) is 56.8 Å². The monoisotopic (exact) mass is 792 g/mol. The Balaban J connectivity index is 0.859. The Bertz CT molecular complexity index is 1470. The summed E-state index contributed by atoms with van der Waals surface area (Å²) >= 11 is 0. The zero-order valence-corrected chi connectivity index (χ0v) is 34.3. The van der Waals surface area contributed by atoms with Crippen molar-refractivity contribution in [3.8, 4) is 0 Å². The van der Waals surface area contributed by atoms with Gasteiger partial charge in [-0.3, -0.25) is 4.79 Å². The van der Waals surface area contributed by atoms with Gasteiger partial charge < -0.3 is 61.9 Å². The molecule has 6 aliphatic heterocycles. The number of fused-ring (bicyclic) bond motifs is 3. The number of ether oxygens (including phenoxy) is 12. The van der Waals surface area contributed by atoms with Gasteiger partial charge in [-0.2, -0.15) is 0 Å². The first kappa shape index (κ1) is 41.1. The van der Waals surface area contributed by atoms with Gasteiger partial charge in [0.1, 0.15) is 24.4 Å². The zero-order valence-electron chi connectivity index (χ0n) is 34.3. The summed E-state index contributed by atoms with van der Waals surface area (Å²) in [5.41, 5.74) is 2.45.